The third-order valence-corrected chi connectivity index (χ3v) is 7.60. The highest BCUT2D eigenvalue weighted by Crippen LogP contribution is 2.36. The van der Waals surface area contributed by atoms with E-state index in [9.17, 15) is 14.4 Å². The Balaban J connectivity index is 1.63. The van der Waals surface area contributed by atoms with Crippen molar-refractivity contribution in [3.63, 3.8) is 0 Å². The Hall–Kier alpha value is -4.63. The van der Waals surface area contributed by atoms with E-state index in [1.807, 2.05) is 6.92 Å². The fourth-order valence-electron chi connectivity index (χ4n) is 4.99. The summed E-state index contributed by atoms with van der Waals surface area (Å²) >= 11 is 0. The van der Waals surface area contributed by atoms with Crippen LogP contribution in [0, 0.1) is 18.6 Å². The fourth-order valence-corrected chi connectivity index (χ4v) is 4.99. The van der Waals surface area contributed by atoms with Gasteiger partial charge in [0.25, 0.3) is 5.91 Å². The molecule has 3 N–H and O–H groups in total. The monoisotopic (exact) mass is 572 g/mol. The van der Waals surface area contributed by atoms with Crippen LogP contribution >= 0.6 is 0 Å². The van der Waals surface area contributed by atoms with Crippen LogP contribution in [0.15, 0.2) is 73.0 Å². The van der Waals surface area contributed by atoms with E-state index < -0.39 is 17.5 Å². The number of halogens is 2. The molecule has 1 atom stereocenters. The lowest BCUT2D eigenvalue weighted by Crippen LogP contribution is -2.31. The average molecular weight is 573 g/mol. The number of hydrogen-bond donors (Lipinski definition) is 3. The lowest BCUT2D eigenvalue weighted by Gasteiger charge is -2.18. The quantitative estimate of drug-likeness (QED) is 0.167. The first-order chi connectivity index (χ1) is 20.0. The predicted molar refractivity (Wildman–Crippen MR) is 160 cm³/mol. The molecule has 3 aromatic carbocycles. The molecule has 0 unspecified atom stereocenters. The Bertz CT molecular complexity index is 1580. The van der Waals surface area contributed by atoms with Gasteiger partial charge in [-0.1, -0.05) is 56.5 Å². The summed E-state index contributed by atoms with van der Waals surface area (Å²) in [4.78, 5) is 36.5. The van der Waals surface area contributed by atoms with E-state index in [0.717, 1.165) is 10.5 Å². The molecule has 1 aliphatic heterocycles. The largest absolute Gasteiger partial charge is 0.354 e. The smallest absolute Gasteiger partial charge is 0.257 e. The van der Waals surface area contributed by atoms with Gasteiger partial charge in [-0.05, 0) is 47.7 Å². The van der Waals surface area contributed by atoms with Crippen LogP contribution in [0.4, 0.5) is 14.5 Å². The molecule has 0 bridgehead atoms. The molecule has 4 rings (SSSR count). The van der Waals surface area contributed by atoms with Crippen LogP contribution in [0.2, 0.25) is 0 Å². The van der Waals surface area contributed by atoms with E-state index in [0.29, 0.717) is 59.3 Å². The standard InChI is InChI=1S/C33H34F2N4O3/c1-6-22-13-23(14-29(34)28(22)17-36-24-15-31(41)37-16-24)26-10-7-11-27(32(26)35)25-9-8-12-30(20(25)3)38-33(42)19(2)21(4)39(5)18-40/h7-14,18,24,36H,2,4,6,15-17H2,1,3,5H3,(H,37,41)(H,38,42)/t24-/m1/s1. The second-order valence-electron chi connectivity index (χ2n) is 10.3. The molecule has 0 aliphatic carbocycles. The molecule has 0 spiro atoms. The van der Waals surface area contributed by atoms with Gasteiger partial charge >= 0.3 is 0 Å². The third-order valence-electron chi connectivity index (χ3n) is 7.60. The number of likely N-dealkylation sites (N-methyl/N-ethyl adjacent to an activating group) is 1. The van der Waals surface area contributed by atoms with Crippen LogP contribution in [0.3, 0.4) is 0 Å². The van der Waals surface area contributed by atoms with Gasteiger partial charge in [-0.3, -0.25) is 14.4 Å². The number of carbonyl (C=O) groups is 3. The van der Waals surface area contributed by atoms with Crippen LogP contribution in [0.5, 0.6) is 0 Å². The minimum atomic E-state index is -0.545. The van der Waals surface area contributed by atoms with Crippen molar-refractivity contribution >= 4 is 23.9 Å². The van der Waals surface area contributed by atoms with Crippen LogP contribution in [0.1, 0.15) is 30.0 Å². The van der Waals surface area contributed by atoms with Gasteiger partial charge in [0, 0.05) is 60.7 Å². The number of amides is 3. The van der Waals surface area contributed by atoms with Crippen molar-refractivity contribution in [2.75, 3.05) is 18.9 Å². The molecule has 42 heavy (non-hydrogen) atoms. The normalized spacial score (nSPS) is 14.3. The summed E-state index contributed by atoms with van der Waals surface area (Å²) in [6, 6.07) is 13.2. The SMILES string of the molecule is C=C(C(=C)N(C)C=O)C(=O)Nc1cccc(-c2cccc(-c3cc(F)c(CN[C@H]4CNC(=O)C4)c(CC)c3)c2F)c1C. The maximum Gasteiger partial charge on any atom is 0.257 e. The molecular formula is C33H34F2N4O3. The number of carbonyl (C=O) groups excluding carboxylic acids is 3. The van der Waals surface area contributed by atoms with E-state index in [2.05, 4.69) is 29.1 Å². The van der Waals surface area contributed by atoms with Crippen molar-refractivity contribution in [1.82, 2.24) is 15.5 Å². The molecule has 1 aliphatic rings. The van der Waals surface area contributed by atoms with Crippen molar-refractivity contribution < 1.29 is 23.2 Å². The Morgan fingerprint density at radius 3 is 2.48 bits per heavy atom. The highest BCUT2D eigenvalue weighted by atomic mass is 19.1. The van der Waals surface area contributed by atoms with E-state index in [-0.39, 0.29) is 35.3 Å². The van der Waals surface area contributed by atoms with Gasteiger partial charge in [0.2, 0.25) is 12.3 Å². The number of anilines is 1. The molecule has 0 radical (unpaired) electrons. The molecular weight excluding hydrogens is 538 g/mol. The number of benzene rings is 3. The van der Waals surface area contributed by atoms with Crippen LogP contribution in [-0.2, 0) is 27.3 Å². The van der Waals surface area contributed by atoms with E-state index >= 15 is 8.78 Å². The maximum absolute atomic E-state index is 16.1. The number of nitrogens with zero attached hydrogens (tertiary/aromatic N) is 1. The first kappa shape index (κ1) is 30.3. The maximum atomic E-state index is 16.1. The number of rotatable bonds is 11. The zero-order valence-corrected chi connectivity index (χ0v) is 23.9. The number of aryl methyl sites for hydroxylation is 1. The average Bonchev–Trinajstić information content (AvgIpc) is 3.40. The molecule has 9 heteroatoms. The summed E-state index contributed by atoms with van der Waals surface area (Å²) in [7, 11) is 1.46. The molecule has 1 heterocycles. The zero-order valence-electron chi connectivity index (χ0n) is 23.9. The molecule has 0 saturated carbocycles. The molecule has 3 amide bonds. The summed E-state index contributed by atoms with van der Waals surface area (Å²) < 4.78 is 31.5. The molecule has 1 saturated heterocycles. The summed E-state index contributed by atoms with van der Waals surface area (Å²) in [5.74, 6) is -1.54. The van der Waals surface area contributed by atoms with Gasteiger partial charge < -0.3 is 20.9 Å². The first-order valence-corrected chi connectivity index (χ1v) is 13.6. The number of hydrogen-bond acceptors (Lipinski definition) is 4. The van der Waals surface area contributed by atoms with Crippen molar-refractivity contribution in [2.24, 2.45) is 0 Å². The Kier molecular flexibility index (Phi) is 9.32. The molecule has 7 nitrogen and oxygen atoms in total. The summed E-state index contributed by atoms with van der Waals surface area (Å²) in [5.41, 5.74) is 4.01. The summed E-state index contributed by atoms with van der Waals surface area (Å²) in [5, 5.41) is 8.76. The van der Waals surface area contributed by atoms with Gasteiger partial charge in [0.15, 0.2) is 0 Å². The van der Waals surface area contributed by atoms with Gasteiger partial charge in [0.05, 0.1) is 5.57 Å². The minimum absolute atomic E-state index is 0.0170. The van der Waals surface area contributed by atoms with Gasteiger partial charge in [-0.15, -0.1) is 0 Å². The second-order valence-corrected chi connectivity index (χ2v) is 10.3. The molecule has 1 fully saturated rings. The first-order valence-electron chi connectivity index (χ1n) is 13.6. The van der Waals surface area contributed by atoms with Crippen LogP contribution in [-0.4, -0.2) is 42.8 Å². The molecule has 3 aromatic rings. The van der Waals surface area contributed by atoms with Crippen molar-refractivity contribution in [1.29, 1.82) is 0 Å². The molecule has 218 valence electrons. The van der Waals surface area contributed by atoms with Gasteiger partial charge in [-0.2, -0.15) is 0 Å². The Morgan fingerprint density at radius 2 is 1.81 bits per heavy atom. The van der Waals surface area contributed by atoms with E-state index in [1.165, 1.54) is 13.1 Å². The van der Waals surface area contributed by atoms with Gasteiger partial charge in [-0.25, -0.2) is 8.78 Å². The highest BCUT2D eigenvalue weighted by Gasteiger charge is 2.23. The topological polar surface area (TPSA) is 90.5 Å². The van der Waals surface area contributed by atoms with Crippen LogP contribution < -0.4 is 16.0 Å². The van der Waals surface area contributed by atoms with Crippen molar-refractivity contribution in [3.8, 4) is 22.3 Å². The fraction of sp³-hybridized carbons (Fsp3) is 0.242. The highest BCUT2D eigenvalue weighted by molar-refractivity contribution is 6.07. The van der Waals surface area contributed by atoms with Crippen LogP contribution in [0.25, 0.3) is 22.3 Å². The predicted octanol–water partition coefficient (Wildman–Crippen LogP) is 5.24. The second kappa shape index (κ2) is 12.9. The summed E-state index contributed by atoms with van der Waals surface area (Å²) in [6.45, 7) is 11.9. The van der Waals surface area contributed by atoms with E-state index in [1.54, 1.807) is 49.4 Å². The van der Waals surface area contributed by atoms with Crippen molar-refractivity contribution in [2.45, 2.75) is 39.3 Å². The lowest BCUT2D eigenvalue weighted by atomic mass is 9.92. The summed E-state index contributed by atoms with van der Waals surface area (Å²) in [6.07, 6.45) is 1.43. The van der Waals surface area contributed by atoms with E-state index in [4.69, 9.17) is 0 Å². The zero-order chi connectivity index (χ0) is 30.6. The number of nitrogens with one attached hydrogen (secondary N) is 3. The lowest BCUT2D eigenvalue weighted by molar-refractivity contribution is -0.119. The minimum Gasteiger partial charge on any atom is -0.354 e. The van der Waals surface area contributed by atoms with Gasteiger partial charge in [0.1, 0.15) is 11.6 Å². The van der Waals surface area contributed by atoms with Crippen molar-refractivity contribution in [3.05, 3.63) is 101 Å². The Morgan fingerprint density at radius 1 is 1.12 bits per heavy atom. The Labute approximate surface area is 244 Å². The third kappa shape index (κ3) is 6.31. The molecule has 0 aromatic heterocycles.